The van der Waals surface area contributed by atoms with Crippen LogP contribution in [0.25, 0.3) is 0 Å². The van der Waals surface area contributed by atoms with E-state index in [9.17, 15) is 4.79 Å². The van der Waals surface area contributed by atoms with Crippen LogP contribution in [0.15, 0.2) is 30.3 Å². The molecule has 1 aliphatic rings. The van der Waals surface area contributed by atoms with Gasteiger partial charge in [0, 0.05) is 24.2 Å². The minimum absolute atomic E-state index is 0.134. The molecule has 0 spiro atoms. The first-order valence-electron chi connectivity index (χ1n) is 5.84. The Morgan fingerprint density at radius 1 is 1.38 bits per heavy atom. The maximum absolute atomic E-state index is 12.2. The molecule has 3 heteroatoms. The summed E-state index contributed by atoms with van der Waals surface area (Å²) in [6.07, 6.45) is 1.67. The Bertz CT molecular complexity index is 357. The summed E-state index contributed by atoms with van der Waals surface area (Å²) >= 11 is 0. The molecule has 0 aliphatic heterocycles. The van der Waals surface area contributed by atoms with Crippen molar-refractivity contribution in [2.24, 2.45) is 11.7 Å². The molecule has 0 unspecified atom stereocenters. The Balaban J connectivity index is 2.08. The van der Waals surface area contributed by atoms with Crippen LogP contribution in [0.2, 0.25) is 0 Å². The average Bonchev–Trinajstić information content (AvgIpc) is 2.27. The molecule has 1 aromatic carbocycles. The summed E-state index contributed by atoms with van der Waals surface area (Å²) in [4.78, 5) is 14.0. The quantitative estimate of drug-likeness (QED) is 0.840. The number of benzene rings is 1. The van der Waals surface area contributed by atoms with Crippen molar-refractivity contribution in [1.29, 1.82) is 0 Å². The Morgan fingerprint density at radius 2 is 2.00 bits per heavy atom. The highest BCUT2D eigenvalue weighted by atomic mass is 16.2. The number of nitrogens with two attached hydrogens (primary N) is 1. The van der Waals surface area contributed by atoms with Gasteiger partial charge in [0.1, 0.15) is 0 Å². The van der Waals surface area contributed by atoms with Gasteiger partial charge in [0.25, 0.3) is 0 Å². The zero-order chi connectivity index (χ0) is 11.5. The number of rotatable bonds is 3. The third-order valence-electron chi connectivity index (χ3n) is 3.17. The predicted molar refractivity (Wildman–Crippen MR) is 65.2 cm³/mol. The third-order valence-corrected chi connectivity index (χ3v) is 3.17. The molecule has 1 aliphatic carbocycles. The van der Waals surface area contributed by atoms with E-state index < -0.39 is 0 Å². The van der Waals surface area contributed by atoms with Crippen LogP contribution < -0.4 is 10.6 Å². The second-order valence-corrected chi connectivity index (χ2v) is 4.35. The van der Waals surface area contributed by atoms with Gasteiger partial charge in [-0.05, 0) is 31.9 Å². The van der Waals surface area contributed by atoms with Crippen LogP contribution in [0, 0.1) is 5.92 Å². The van der Waals surface area contributed by atoms with E-state index in [2.05, 4.69) is 0 Å². The normalized spacial score (nSPS) is 23.6. The summed E-state index contributed by atoms with van der Waals surface area (Å²) in [5, 5.41) is 0. The molecule has 1 saturated carbocycles. The molecule has 0 atom stereocenters. The fraction of sp³-hybridized carbons (Fsp3) is 0.462. The maximum Gasteiger partial charge on any atom is 0.230 e. The van der Waals surface area contributed by atoms with Crippen molar-refractivity contribution in [3.8, 4) is 0 Å². The SMILES string of the molecule is CCN(C(=O)C1CC(N)C1)c1ccccc1. The lowest BCUT2D eigenvalue weighted by Gasteiger charge is -2.35. The number of amides is 1. The Kier molecular flexibility index (Phi) is 3.25. The molecule has 16 heavy (non-hydrogen) atoms. The van der Waals surface area contributed by atoms with Gasteiger partial charge < -0.3 is 10.6 Å². The largest absolute Gasteiger partial charge is 0.328 e. The van der Waals surface area contributed by atoms with E-state index in [1.807, 2.05) is 42.2 Å². The number of nitrogens with zero attached hydrogens (tertiary/aromatic N) is 1. The molecule has 0 bridgehead atoms. The van der Waals surface area contributed by atoms with Gasteiger partial charge in [-0.3, -0.25) is 4.79 Å². The van der Waals surface area contributed by atoms with Crippen molar-refractivity contribution in [1.82, 2.24) is 0 Å². The van der Waals surface area contributed by atoms with Crippen LogP contribution in [-0.2, 0) is 4.79 Å². The van der Waals surface area contributed by atoms with Crippen molar-refractivity contribution >= 4 is 11.6 Å². The predicted octanol–water partition coefficient (Wildman–Crippen LogP) is 1.78. The van der Waals surface area contributed by atoms with Crippen LogP contribution in [0.4, 0.5) is 5.69 Å². The molecular formula is C13H18N2O. The van der Waals surface area contributed by atoms with Gasteiger partial charge in [0.15, 0.2) is 0 Å². The molecule has 0 radical (unpaired) electrons. The molecule has 1 amide bonds. The lowest BCUT2D eigenvalue weighted by Crippen LogP contribution is -2.46. The number of carbonyl (C=O) groups excluding carboxylic acids is 1. The van der Waals surface area contributed by atoms with Crippen LogP contribution in [0.1, 0.15) is 19.8 Å². The first-order chi connectivity index (χ1) is 7.72. The van der Waals surface area contributed by atoms with E-state index in [4.69, 9.17) is 5.73 Å². The minimum atomic E-state index is 0.134. The molecule has 86 valence electrons. The number of para-hydroxylation sites is 1. The zero-order valence-electron chi connectivity index (χ0n) is 9.60. The summed E-state index contributed by atoms with van der Waals surface area (Å²) < 4.78 is 0. The van der Waals surface area contributed by atoms with Crippen molar-refractivity contribution in [2.75, 3.05) is 11.4 Å². The van der Waals surface area contributed by atoms with E-state index in [1.54, 1.807) is 0 Å². The van der Waals surface area contributed by atoms with E-state index in [0.29, 0.717) is 6.54 Å². The summed E-state index contributed by atoms with van der Waals surface area (Å²) in [7, 11) is 0. The van der Waals surface area contributed by atoms with Crippen LogP contribution in [-0.4, -0.2) is 18.5 Å². The van der Waals surface area contributed by atoms with E-state index >= 15 is 0 Å². The molecular weight excluding hydrogens is 200 g/mol. The molecule has 0 saturated heterocycles. The molecule has 0 heterocycles. The van der Waals surface area contributed by atoms with E-state index in [0.717, 1.165) is 18.5 Å². The standard InChI is InChI=1S/C13H18N2O/c1-2-15(12-6-4-3-5-7-12)13(16)10-8-11(14)9-10/h3-7,10-11H,2,8-9,14H2,1H3. The van der Waals surface area contributed by atoms with Gasteiger partial charge in [0.2, 0.25) is 5.91 Å². The van der Waals surface area contributed by atoms with Crippen molar-refractivity contribution in [2.45, 2.75) is 25.8 Å². The summed E-state index contributed by atoms with van der Waals surface area (Å²) in [5.41, 5.74) is 6.70. The average molecular weight is 218 g/mol. The van der Waals surface area contributed by atoms with Gasteiger partial charge >= 0.3 is 0 Å². The summed E-state index contributed by atoms with van der Waals surface area (Å²) in [6, 6.07) is 10.0. The fourth-order valence-electron chi connectivity index (χ4n) is 2.16. The second-order valence-electron chi connectivity index (χ2n) is 4.35. The van der Waals surface area contributed by atoms with Gasteiger partial charge in [-0.25, -0.2) is 0 Å². The molecule has 1 fully saturated rings. The highest BCUT2D eigenvalue weighted by Crippen LogP contribution is 2.29. The van der Waals surface area contributed by atoms with Gasteiger partial charge in [-0.15, -0.1) is 0 Å². The van der Waals surface area contributed by atoms with Crippen LogP contribution >= 0.6 is 0 Å². The Morgan fingerprint density at radius 3 is 2.50 bits per heavy atom. The summed E-state index contributed by atoms with van der Waals surface area (Å²) in [5.74, 6) is 0.352. The first kappa shape index (κ1) is 11.1. The van der Waals surface area contributed by atoms with Crippen molar-refractivity contribution in [3.63, 3.8) is 0 Å². The topological polar surface area (TPSA) is 46.3 Å². The van der Waals surface area contributed by atoms with E-state index in [-0.39, 0.29) is 17.9 Å². The van der Waals surface area contributed by atoms with Crippen LogP contribution in [0.5, 0.6) is 0 Å². The molecule has 0 aromatic heterocycles. The summed E-state index contributed by atoms with van der Waals surface area (Å²) in [6.45, 7) is 2.72. The highest BCUT2D eigenvalue weighted by Gasteiger charge is 2.34. The minimum Gasteiger partial charge on any atom is -0.328 e. The molecule has 1 aromatic rings. The van der Waals surface area contributed by atoms with Crippen molar-refractivity contribution in [3.05, 3.63) is 30.3 Å². The van der Waals surface area contributed by atoms with Gasteiger partial charge in [-0.2, -0.15) is 0 Å². The number of anilines is 1. The smallest absolute Gasteiger partial charge is 0.230 e. The monoisotopic (exact) mass is 218 g/mol. The highest BCUT2D eigenvalue weighted by molar-refractivity contribution is 5.95. The number of hydrogen-bond acceptors (Lipinski definition) is 2. The van der Waals surface area contributed by atoms with Gasteiger partial charge in [0.05, 0.1) is 0 Å². The maximum atomic E-state index is 12.2. The second kappa shape index (κ2) is 4.66. The zero-order valence-corrected chi connectivity index (χ0v) is 9.60. The lowest BCUT2D eigenvalue weighted by atomic mass is 9.80. The molecule has 2 N–H and O–H groups in total. The Hall–Kier alpha value is -1.35. The van der Waals surface area contributed by atoms with Gasteiger partial charge in [-0.1, -0.05) is 18.2 Å². The lowest BCUT2D eigenvalue weighted by molar-refractivity contribution is -0.125. The Labute approximate surface area is 96.2 Å². The fourth-order valence-corrected chi connectivity index (χ4v) is 2.16. The first-order valence-corrected chi connectivity index (χ1v) is 5.84. The molecule has 2 rings (SSSR count). The van der Waals surface area contributed by atoms with Crippen LogP contribution in [0.3, 0.4) is 0 Å². The number of hydrogen-bond donors (Lipinski definition) is 1. The molecule has 3 nitrogen and oxygen atoms in total. The number of carbonyl (C=O) groups is 1. The van der Waals surface area contributed by atoms with Crippen molar-refractivity contribution < 1.29 is 4.79 Å². The third kappa shape index (κ3) is 2.09. The van der Waals surface area contributed by atoms with E-state index in [1.165, 1.54) is 0 Å².